The minimum Gasteiger partial charge on any atom is -0.493 e. The minimum atomic E-state index is -0.0913. The van der Waals surface area contributed by atoms with Crippen LogP contribution in [0.3, 0.4) is 0 Å². The van der Waals surface area contributed by atoms with Crippen molar-refractivity contribution >= 4 is 15.9 Å². The summed E-state index contributed by atoms with van der Waals surface area (Å²) >= 11 is 3.60. The van der Waals surface area contributed by atoms with Crippen LogP contribution in [-0.2, 0) is 6.42 Å². The second-order valence-electron chi connectivity index (χ2n) is 5.41. The first kappa shape index (κ1) is 13.7. The number of nitrogens with two attached hydrogens (primary N) is 1. The average Bonchev–Trinajstić information content (AvgIpc) is 2.90. The molecule has 3 heteroatoms. The molecule has 20 heavy (non-hydrogen) atoms. The molecule has 0 spiro atoms. The largest absolute Gasteiger partial charge is 0.493 e. The van der Waals surface area contributed by atoms with Gasteiger partial charge in [-0.05, 0) is 47.7 Å². The summed E-state index contributed by atoms with van der Waals surface area (Å²) in [7, 11) is 0. The molecule has 0 saturated heterocycles. The van der Waals surface area contributed by atoms with Crippen LogP contribution in [0.4, 0.5) is 0 Å². The lowest BCUT2D eigenvalue weighted by molar-refractivity contribution is 0.357. The second-order valence-corrected chi connectivity index (χ2v) is 6.20. The fourth-order valence-corrected chi connectivity index (χ4v) is 2.98. The molecule has 3 rings (SSSR count). The molecule has 0 saturated carbocycles. The van der Waals surface area contributed by atoms with Crippen LogP contribution in [0, 0.1) is 13.8 Å². The smallest absolute Gasteiger partial charge is 0.122 e. The van der Waals surface area contributed by atoms with E-state index < -0.39 is 0 Å². The number of fused-ring (bicyclic) bond motifs is 1. The maximum Gasteiger partial charge on any atom is 0.122 e. The molecular formula is C17H18BrNO. The van der Waals surface area contributed by atoms with Gasteiger partial charge in [-0.15, -0.1) is 0 Å². The minimum absolute atomic E-state index is 0.0913. The first-order valence-corrected chi connectivity index (χ1v) is 7.63. The highest BCUT2D eigenvalue weighted by atomic mass is 79.9. The van der Waals surface area contributed by atoms with Crippen molar-refractivity contribution in [2.75, 3.05) is 6.61 Å². The van der Waals surface area contributed by atoms with E-state index in [4.69, 9.17) is 10.5 Å². The fraction of sp³-hybridized carbons (Fsp3) is 0.294. The lowest BCUT2D eigenvalue weighted by Crippen LogP contribution is -2.12. The van der Waals surface area contributed by atoms with E-state index in [2.05, 4.69) is 54.0 Å². The molecule has 2 aromatic carbocycles. The summed E-state index contributed by atoms with van der Waals surface area (Å²) in [6, 6.07) is 10.5. The van der Waals surface area contributed by atoms with E-state index >= 15 is 0 Å². The monoisotopic (exact) mass is 331 g/mol. The Kier molecular flexibility index (Phi) is 3.57. The van der Waals surface area contributed by atoms with Gasteiger partial charge in [0.05, 0.1) is 12.6 Å². The summed E-state index contributed by atoms with van der Waals surface area (Å²) in [5.74, 6) is 1.00. The number of hydrogen-bond acceptors (Lipinski definition) is 2. The predicted octanol–water partition coefficient (Wildman–Crippen LogP) is 4.05. The van der Waals surface area contributed by atoms with Crippen molar-refractivity contribution in [3.05, 3.63) is 62.6 Å². The Morgan fingerprint density at radius 2 is 1.80 bits per heavy atom. The van der Waals surface area contributed by atoms with Gasteiger partial charge in [0.15, 0.2) is 0 Å². The van der Waals surface area contributed by atoms with Gasteiger partial charge < -0.3 is 10.5 Å². The van der Waals surface area contributed by atoms with Crippen molar-refractivity contribution in [1.29, 1.82) is 0 Å². The number of hydrogen-bond donors (Lipinski definition) is 1. The zero-order valence-corrected chi connectivity index (χ0v) is 13.3. The van der Waals surface area contributed by atoms with Gasteiger partial charge in [-0.1, -0.05) is 40.2 Å². The summed E-state index contributed by atoms with van der Waals surface area (Å²) in [6.07, 6.45) is 0.980. The van der Waals surface area contributed by atoms with Gasteiger partial charge in [-0.25, -0.2) is 0 Å². The van der Waals surface area contributed by atoms with Gasteiger partial charge in [-0.2, -0.15) is 0 Å². The van der Waals surface area contributed by atoms with Gasteiger partial charge in [0, 0.05) is 10.9 Å². The SMILES string of the molecule is Cc1cc(C(N)c2ccc3c(c2)CCO3)cc(C)c1Br. The summed E-state index contributed by atoms with van der Waals surface area (Å²) in [5.41, 5.74) is 12.5. The van der Waals surface area contributed by atoms with Crippen LogP contribution in [0.25, 0.3) is 0 Å². The second kappa shape index (κ2) is 5.23. The van der Waals surface area contributed by atoms with Crippen LogP contribution in [0.15, 0.2) is 34.8 Å². The number of rotatable bonds is 2. The molecule has 0 amide bonds. The lowest BCUT2D eigenvalue weighted by Gasteiger charge is -2.16. The Balaban J connectivity index is 1.98. The molecule has 2 N–H and O–H groups in total. The van der Waals surface area contributed by atoms with Crippen LogP contribution in [0.1, 0.15) is 33.9 Å². The molecule has 1 unspecified atom stereocenters. The van der Waals surface area contributed by atoms with E-state index in [0.29, 0.717) is 0 Å². The lowest BCUT2D eigenvalue weighted by atomic mass is 9.95. The summed E-state index contributed by atoms with van der Waals surface area (Å²) < 4.78 is 6.71. The van der Waals surface area contributed by atoms with Crippen molar-refractivity contribution in [2.24, 2.45) is 5.73 Å². The van der Waals surface area contributed by atoms with E-state index in [-0.39, 0.29) is 6.04 Å². The van der Waals surface area contributed by atoms with E-state index in [9.17, 15) is 0 Å². The van der Waals surface area contributed by atoms with Gasteiger partial charge in [0.1, 0.15) is 5.75 Å². The molecule has 0 bridgehead atoms. The molecule has 0 fully saturated rings. The first-order valence-electron chi connectivity index (χ1n) is 6.84. The van der Waals surface area contributed by atoms with Crippen molar-refractivity contribution in [3.8, 4) is 5.75 Å². The third-order valence-corrected chi connectivity index (χ3v) is 5.14. The molecule has 1 atom stereocenters. The molecule has 104 valence electrons. The number of halogens is 1. The van der Waals surface area contributed by atoms with Crippen molar-refractivity contribution < 1.29 is 4.74 Å². The Labute approximate surface area is 128 Å². The average molecular weight is 332 g/mol. The van der Waals surface area contributed by atoms with Crippen LogP contribution in [-0.4, -0.2) is 6.61 Å². The molecule has 0 aromatic heterocycles. The van der Waals surface area contributed by atoms with Crippen LogP contribution >= 0.6 is 15.9 Å². The maximum absolute atomic E-state index is 6.44. The highest BCUT2D eigenvalue weighted by Gasteiger charge is 2.16. The van der Waals surface area contributed by atoms with E-state index in [1.165, 1.54) is 16.7 Å². The van der Waals surface area contributed by atoms with E-state index in [0.717, 1.165) is 34.4 Å². The van der Waals surface area contributed by atoms with Crippen molar-refractivity contribution in [2.45, 2.75) is 26.3 Å². The first-order chi connectivity index (χ1) is 9.56. The van der Waals surface area contributed by atoms with Crippen LogP contribution in [0.5, 0.6) is 5.75 Å². The Morgan fingerprint density at radius 3 is 2.50 bits per heavy atom. The number of aryl methyl sites for hydroxylation is 2. The maximum atomic E-state index is 6.44. The summed E-state index contributed by atoms with van der Waals surface area (Å²) in [4.78, 5) is 0. The molecule has 2 nitrogen and oxygen atoms in total. The molecule has 1 heterocycles. The zero-order chi connectivity index (χ0) is 14.3. The van der Waals surface area contributed by atoms with E-state index in [1.54, 1.807) is 0 Å². The molecular weight excluding hydrogens is 314 g/mol. The molecule has 0 aliphatic carbocycles. The normalized spacial score (nSPS) is 14.8. The predicted molar refractivity (Wildman–Crippen MR) is 85.3 cm³/mol. The topological polar surface area (TPSA) is 35.2 Å². The van der Waals surface area contributed by atoms with Gasteiger partial charge in [0.25, 0.3) is 0 Å². The fourth-order valence-electron chi connectivity index (χ4n) is 2.75. The third-order valence-electron chi connectivity index (χ3n) is 3.89. The quantitative estimate of drug-likeness (QED) is 0.900. The third kappa shape index (κ3) is 2.36. The highest BCUT2D eigenvalue weighted by Crippen LogP contribution is 2.31. The Morgan fingerprint density at radius 1 is 1.10 bits per heavy atom. The highest BCUT2D eigenvalue weighted by molar-refractivity contribution is 9.10. The van der Waals surface area contributed by atoms with Gasteiger partial charge in [0.2, 0.25) is 0 Å². The summed E-state index contributed by atoms with van der Waals surface area (Å²) in [6.45, 7) is 4.98. The van der Waals surface area contributed by atoms with Crippen LogP contribution in [0.2, 0.25) is 0 Å². The molecule has 0 radical (unpaired) electrons. The molecule has 1 aliphatic heterocycles. The molecule has 2 aromatic rings. The number of benzene rings is 2. The van der Waals surface area contributed by atoms with Crippen molar-refractivity contribution in [1.82, 2.24) is 0 Å². The zero-order valence-electron chi connectivity index (χ0n) is 11.7. The molecule has 1 aliphatic rings. The Hall–Kier alpha value is -1.32. The van der Waals surface area contributed by atoms with Crippen LogP contribution < -0.4 is 10.5 Å². The standard InChI is InChI=1S/C17H18BrNO/c1-10-7-14(8-11(2)16(10)18)17(19)13-3-4-15-12(9-13)5-6-20-15/h3-4,7-9,17H,5-6,19H2,1-2H3. The van der Waals surface area contributed by atoms with E-state index in [1.807, 2.05) is 6.07 Å². The Bertz CT molecular complexity index is 643. The van der Waals surface area contributed by atoms with Crippen molar-refractivity contribution in [3.63, 3.8) is 0 Å². The number of ether oxygens (including phenoxy) is 1. The van der Waals surface area contributed by atoms with Gasteiger partial charge in [-0.3, -0.25) is 0 Å². The summed E-state index contributed by atoms with van der Waals surface area (Å²) in [5, 5.41) is 0. The van der Waals surface area contributed by atoms with Gasteiger partial charge >= 0.3 is 0 Å².